The standard InChI is InChI=1S/C18H17NO3/c20-18(17-11-21-15-7-3-4-8-16(15)22-17)19-14-10-9-12-5-1-2-6-13(12)14/h1-8,14,17H,9-11H2,(H,19,20). The molecule has 0 aromatic heterocycles. The zero-order chi connectivity index (χ0) is 14.9. The van der Waals surface area contributed by atoms with Crippen LogP contribution in [0.15, 0.2) is 48.5 Å². The van der Waals surface area contributed by atoms with Crippen molar-refractivity contribution in [1.82, 2.24) is 5.32 Å². The van der Waals surface area contributed by atoms with Crippen LogP contribution in [-0.2, 0) is 11.2 Å². The molecule has 4 heteroatoms. The highest BCUT2D eigenvalue weighted by Gasteiger charge is 2.31. The summed E-state index contributed by atoms with van der Waals surface area (Å²) in [5.41, 5.74) is 2.53. The van der Waals surface area contributed by atoms with E-state index in [9.17, 15) is 4.79 Å². The van der Waals surface area contributed by atoms with E-state index >= 15 is 0 Å². The van der Waals surface area contributed by atoms with Crippen LogP contribution in [0.5, 0.6) is 11.5 Å². The molecule has 2 unspecified atom stereocenters. The van der Waals surface area contributed by atoms with Crippen molar-refractivity contribution in [2.24, 2.45) is 0 Å². The van der Waals surface area contributed by atoms with Gasteiger partial charge in [-0.15, -0.1) is 0 Å². The summed E-state index contributed by atoms with van der Waals surface area (Å²) in [7, 11) is 0. The number of nitrogens with one attached hydrogen (secondary N) is 1. The third-order valence-corrected chi connectivity index (χ3v) is 4.25. The van der Waals surface area contributed by atoms with Gasteiger partial charge in [-0.25, -0.2) is 0 Å². The molecule has 1 aliphatic carbocycles. The Bertz CT molecular complexity index is 713. The monoisotopic (exact) mass is 295 g/mol. The average Bonchev–Trinajstić information content (AvgIpc) is 2.97. The van der Waals surface area contributed by atoms with Crippen LogP contribution >= 0.6 is 0 Å². The van der Waals surface area contributed by atoms with E-state index in [1.54, 1.807) is 0 Å². The van der Waals surface area contributed by atoms with E-state index in [0.29, 0.717) is 11.5 Å². The maximum absolute atomic E-state index is 12.5. The minimum Gasteiger partial charge on any atom is -0.485 e. The first kappa shape index (κ1) is 13.2. The molecule has 0 spiro atoms. The minimum atomic E-state index is -0.595. The summed E-state index contributed by atoms with van der Waals surface area (Å²) < 4.78 is 11.4. The molecule has 4 rings (SSSR count). The molecule has 1 N–H and O–H groups in total. The Morgan fingerprint density at radius 1 is 1.05 bits per heavy atom. The number of hydrogen-bond donors (Lipinski definition) is 1. The van der Waals surface area contributed by atoms with Crippen LogP contribution in [-0.4, -0.2) is 18.6 Å². The van der Waals surface area contributed by atoms with Crippen molar-refractivity contribution in [3.05, 3.63) is 59.7 Å². The molecular formula is C18H17NO3. The molecule has 1 heterocycles. The SMILES string of the molecule is O=C(NC1CCc2ccccc21)C1COc2ccccc2O1. The van der Waals surface area contributed by atoms with Gasteiger partial charge in [0.2, 0.25) is 6.10 Å². The van der Waals surface area contributed by atoms with Gasteiger partial charge in [-0.2, -0.15) is 0 Å². The average molecular weight is 295 g/mol. The smallest absolute Gasteiger partial charge is 0.265 e. The summed E-state index contributed by atoms with van der Waals surface area (Å²) in [5.74, 6) is 1.20. The number of amides is 1. The lowest BCUT2D eigenvalue weighted by molar-refractivity contribution is -0.131. The molecular weight excluding hydrogens is 278 g/mol. The topological polar surface area (TPSA) is 47.6 Å². The van der Waals surface area contributed by atoms with Crippen LogP contribution in [0.4, 0.5) is 0 Å². The second kappa shape index (κ2) is 5.37. The summed E-state index contributed by atoms with van der Waals surface area (Å²) in [5, 5.41) is 3.09. The zero-order valence-electron chi connectivity index (χ0n) is 12.1. The van der Waals surface area contributed by atoms with Gasteiger partial charge in [-0.05, 0) is 36.1 Å². The van der Waals surface area contributed by atoms with Crippen molar-refractivity contribution in [3.63, 3.8) is 0 Å². The van der Waals surface area contributed by atoms with Crippen molar-refractivity contribution in [3.8, 4) is 11.5 Å². The zero-order valence-corrected chi connectivity index (χ0v) is 12.1. The number of ether oxygens (including phenoxy) is 2. The molecule has 0 fully saturated rings. The second-order valence-corrected chi connectivity index (χ2v) is 5.66. The molecule has 4 nitrogen and oxygen atoms in total. The lowest BCUT2D eigenvalue weighted by atomic mass is 10.1. The highest BCUT2D eigenvalue weighted by atomic mass is 16.6. The first-order valence-electron chi connectivity index (χ1n) is 7.58. The predicted molar refractivity (Wildman–Crippen MR) is 82.0 cm³/mol. The van der Waals surface area contributed by atoms with Gasteiger partial charge in [-0.3, -0.25) is 4.79 Å². The molecule has 1 amide bonds. The van der Waals surface area contributed by atoms with E-state index in [-0.39, 0.29) is 18.6 Å². The predicted octanol–water partition coefficient (Wildman–Crippen LogP) is 2.63. The minimum absolute atomic E-state index is 0.0736. The van der Waals surface area contributed by atoms with E-state index in [1.165, 1.54) is 11.1 Å². The van der Waals surface area contributed by atoms with E-state index in [4.69, 9.17) is 9.47 Å². The van der Waals surface area contributed by atoms with Gasteiger partial charge in [0.15, 0.2) is 11.5 Å². The lowest BCUT2D eigenvalue weighted by Crippen LogP contribution is -2.44. The Morgan fingerprint density at radius 3 is 2.73 bits per heavy atom. The fraction of sp³-hybridized carbons (Fsp3) is 0.278. The number of benzene rings is 2. The Morgan fingerprint density at radius 2 is 1.82 bits per heavy atom. The van der Waals surface area contributed by atoms with Crippen LogP contribution in [0.1, 0.15) is 23.6 Å². The largest absolute Gasteiger partial charge is 0.485 e. The van der Waals surface area contributed by atoms with Gasteiger partial charge >= 0.3 is 0 Å². The number of fused-ring (bicyclic) bond motifs is 2. The Balaban J connectivity index is 1.46. The normalized spacial score (nSPS) is 22.0. The van der Waals surface area contributed by atoms with Crippen molar-refractivity contribution in [2.75, 3.05) is 6.61 Å². The van der Waals surface area contributed by atoms with Gasteiger partial charge in [0.25, 0.3) is 5.91 Å². The number of carbonyl (C=O) groups is 1. The van der Waals surface area contributed by atoms with Gasteiger partial charge in [-0.1, -0.05) is 36.4 Å². The van der Waals surface area contributed by atoms with Crippen molar-refractivity contribution in [2.45, 2.75) is 25.0 Å². The molecule has 2 aromatic carbocycles. The molecule has 0 saturated heterocycles. The molecule has 0 radical (unpaired) electrons. The molecule has 0 bridgehead atoms. The summed E-state index contributed by atoms with van der Waals surface area (Å²) in [6.45, 7) is 0.247. The molecule has 2 aliphatic rings. The number of rotatable bonds is 2. The Labute approximate surface area is 129 Å². The van der Waals surface area contributed by atoms with Crippen molar-refractivity contribution in [1.29, 1.82) is 0 Å². The third kappa shape index (κ3) is 2.30. The first-order chi connectivity index (χ1) is 10.8. The molecule has 112 valence electrons. The number of para-hydroxylation sites is 2. The van der Waals surface area contributed by atoms with Crippen molar-refractivity contribution >= 4 is 5.91 Å². The molecule has 0 saturated carbocycles. The fourth-order valence-electron chi connectivity index (χ4n) is 3.12. The number of aryl methyl sites for hydroxylation is 1. The van der Waals surface area contributed by atoms with Crippen LogP contribution in [0.3, 0.4) is 0 Å². The Hall–Kier alpha value is -2.49. The van der Waals surface area contributed by atoms with Gasteiger partial charge in [0, 0.05) is 0 Å². The molecule has 22 heavy (non-hydrogen) atoms. The van der Waals surface area contributed by atoms with Gasteiger partial charge in [0.1, 0.15) is 6.61 Å². The van der Waals surface area contributed by atoms with E-state index in [2.05, 4.69) is 17.4 Å². The maximum atomic E-state index is 12.5. The maximum Gasteiger partial charge on any atom is 0.265 e. The van der Waals surface area contributed by atoms with E-state index in [1.807, 2.05) is 36.4 Å². The Kier molecular flexibility index (Phi) is 3.22. The van der Waals surface area contributed by atoms with Crippen LogP contribution in [0, 0.1) is 0 Å². The summed E-state index contributed by atoms with van der Waals surface area (Å²) in [4.78, 5) is 12.5. The molecule has 2 atom stereocenters. The van der Waals surface area contributed by atoms with Crippen LogP contribution in [0.2, 0.25) is 0 Å². The van der Waals surface area contributed by atoms with E-state index < -0.39 is 6.10 Å². The quantitative estimate of drug-likeness (QED) is 0.926. The number of carbonyl (C=O) groups excluding carboxylic acids is 1. The van der Waals surface area contributed by atoms with Gasteiger partial charge in [0.05, 0.1) is 6.04 Å². The first-order valence-corrected chi connectivity index (χ1v) is 7.58. The summed E-state index contributed by atoms with van der Waals surface area (Å²) in [6.07, 6.45) is 1.35. The second-order valence-electron chi connectivity index (χ2n) is 5.66. The number of hydrogen-bond acceptors (Lipinski definition) is 3. The highest BCUT2D eigenvalue weighted by Crippen LogP contribution is 2.33. The highest BCUT2D eigenvalue weighted by molar-refractivity contribution is 5.82. The fourth-order valence-corrected chi connectivity index (χ4v) is 3.12. The summed E-state index contributed by atoms with van der Waals surface area (Å²) in [6, 6.07) is 15.8. The van der Waals surface area contributed by atoms with E-state index in [0.717, 1.165) is 12.8 Å². The van der Waals surface area contributed by atoms with Gasteiger partial charge < -0.3 is 14.8 Å². The third-order valence-electron chi connectivity index (χ3n) is 4.25. The molecule has 1 aliphatic heterocycles. The molecule has 2 aromatic rings. The lowest BCUT2D eigenvalue weighted by Gasteiger charge is -2.26. The van der Waals surface area contributed by atoms with Crippen LogP contribution < -0.4 is 14.8 Å². The van der Waals surface area contributed by atoms with Crippen LogP contribution in [0.25, 0.3) is 0 Å². The van der Waals surface area contributed by atoms with Crippen molar-refractivity contribution < 1.29 is 14.3 Å². The summed E-state index contributed by atoms with van der Waals surface area (Å²) >= 11 is 0.